The molecule has 0 saturated carbocycles. The summed E-state index contributed by atoms with van der Waals surface area (Å²) in [7, 11) is 0. The first-order chi connectivity index (χ1) is 11.0. The summed E-state index contributed by atoms with van der Waals surface area (Å²) in [5.74, 6) is 2.19. The molecule has 3 heterocycles. The molecule has 0 atom stereocenters. The summed E-state index contributed by atoms with van der Waals surface area (Å²) in [6.45, 7) is 9.63. The maximum Gasteiger partial charge on any atom is 0.245 e. The highest BCUT2D eigenvalue weighted by atomic mass is 15.4. The zero-order valence-corrected chi connectivity index (χ0v) is 13.8. The lowest BCUT2D eigenvalue weighted by Gasteiger charge is -2.35. The minimum absolute atomic E-state index is 0.0936. The lowest BCUT2D eigenvalue weighted by molar-refractivity contribution is 0.615. The van der Waals surface area contributed by atoms with Gasteiger partial charge in [-0.15, -0.1) is 5.10 Å². The Kier molecular flexibility index (Phi) is 4.22. The molecular formula is C15H22N8. The van der Waals surface area contributed by atoms with Gasteiger partial charge in [-0.05, 0) is 26.8 Å². The molecule has 8 heteroatoms. The summed E-state index contributed by atoms with van der Waals surface area (Å²) in [6.07, 6.45) is 5.25. The first kappa shape index (κ1) is 15.4. The SMILES string of the molecule is CC(C)(C)Nc1nncc(N2CCN(c3ncccn3)CC2)n1. The van der Waals surface area contributed by atoms with Crippen molar-refractivity contribution in [2.45, 2.75) is 26.3 Å². The Balaban J connectivity index is 1.65. The van der Waals surface area contributed by atoms with Crippen molar-refractivity contribution in [1.82, 2.24) is 25.1 Å². The molecule has 8 nitrogen and oxygen atoms in total. The van der Waals surface area contributed by atoms with Crippen LogP contribution in [0.1, 0.15) is 20.8 Å². The standard InChI is InChI=1S/C15H22N8/c1-15(2,3)20-13-19-12(11-18-21-13)22-7-9-23(10-8-22)14-16-5-4-6-17-14/h4-6,11H,7-10H2,1-3H3,(H,19,20,21). The van der Waals surface area contributed by atoms with Crippen LogP contribution in [-0.2, 0) is 0 Å². The van der Waals surface area contributed by atoms with Gasteiger partial charge in [-0.2, -0.15) is 10.1 Å². The van der Waals surface area contributed by atoms with Crippen molar-refractivity contribution in [2.75, 3.05) is 41.3 Å². The topological polar surface area (TPSA) is 83.0 Å². The molecule has 2 aromatic heterocycles. The van der Waals surface area contributed by atoms with Gasteiger partial charge in [-0.1, -0.05) is 0 Å². The molecule has 1 aliphatic heterocycles. The van der Waals surface area contributed by atoms with Crippen LogP contribution in [0.25, 0.3) is 0 Å². The van der Waals surface area contributed by atoms with Gasteiger partial charge in [-0.25, -0.2) is 9.97 Å². The van der Waals surface area contributed by atoms with Gasteiger partial charge in [0, 0.05) is 44.1 Å². The zero-order valence-electron chi connectivity index (χ0n) is 13.8. The molecule has 0 bridgehead atoms. The van der Waals surface area contributed by atoms with E-state index in [1.54, 1.807) is 18.6 Å². The van der Waals surface area contributed by atoms with E-state index < -0.39 is 0 Å². The van der Waals surface area contributed by atoms with Gasteiger partial charge < -0.3 is 15.1 Å². The Morgan fingerprint density at radius 2 is 1.65 bits per heavy atom. The second-order valence-electron chi connectivity index (χ2n) is 6.54. The van der Waals surface area contributed by atoms with Gasteiger partial charge in [0.15, 0.2) is 5.82 Å². The first-order valence-corrected chi connectivity index (χ1v) is 7.76. The Hall–Kier alpha value is -2.51. The first-order valence-electron chi connectivity index (χ1n) is 7.76. The molecule has 122 valence electrons. The molecule has 3 rings (SSSR count). The summed E-state index contributed by atoms with van der Waals surface area (Å²) in [5.41, 5.74) is -0.0936. The number of nitrogens with one attached hydrogen (secondary N) is 1. The number of nitrogens with zero attached hydrogens (tertiary/aromatic N) is 7. The number of rotatable bonds is 3. The van der Waals surface area contributed by atoms with Gasteiger partial charge in [0.25, 0.3) is 0 Å². The van der Waals surface area contributed by atoms with Gasteiger partial charge >= 0.3 is 0 Å². The van der Waals surface area contributed by atoms with Gasteiger partial charge in [0.05, 0.1) is 6.20 Å². The molecule has 0 aliphatic carbocycles. The third-order valence-corrected chi connectivity index (χ3v) is 3.47. The van der Waals surface area contributed by atoms with Crippen molar-refractivity contribution in [2.24, 2.45) is 0 Å². The fraction of sp³-hybridized carbons (Fsp3) is 0.533. The third kappa shape index (κ3) is 4.02. The second kappa shape index (κ2) is 6.31. The summed E-state index contributed by atoms with van der Waals surface area (Å²) in [4.78, 5) is 17.6. The van der Waals surface area contributed by atoms with Crippen LogP contribution in [0.3, 0.4) is 0 Å². The van der Waals surface area contributed by atoms with E-state index in [-0.39, 0.29) is 5.54 Å². The summed E-state index contributed by atoms with van der Waals surface area (Å²) in [6, 6.07) is 1.83. The highest BCUT2D eigenvalue weighted by molar-refractivity contribution is 5.43. The van der Waals surface area contributed by atoms with E-state index in [1.807, 2.05) is 6.07 Å². The molecule has 1 N–H and O–H groups in total. The number of hydrogen-bond donors (Lipinski definition) is 1. The van der Waals surface area contributed by atoms with Crippen LogP contribution in [0.2, 0.25) is 0 Å². The maximum absolute atomic E-state index is 4.57. The fourth-order valence-electron chi connectivity index (χ4n) is 2.43. The normalized spacial score (nSPS) is 15.6. The molecular weight excluding hydrogens is 292 g/mol. The van der Waals surface area contributed by atoms with Crippen molar-refractivity contribution in [3.63, 3.8) is 0 Å². The molecule has 0 amide bonds. The minimum Gasteiger partial charge on any atom is -0.352 e. The molecule has 1 aliphatic rings. The zero-order chi connectivity index (χ0) is 16.3. The molecule has 23 heavy (non-hydrogen) atoms. The van der Waals surface area contributed by atoms with E-state index in [2.05, 4.69) is 61.0 Å². The fourth-order valence-corrected chi connectivity index (χ4v) is 2.43. The predicted molar refractivity (Wildman–Crippen MR) is 89.7 cm³/mol. The van der Waals surface area contributed by atoms with Crippen LogP contribution in [0.4, 0.5) is 17.7 Å². The van der Waals surface area contributed by atoms with Crippen molar-refractivity contribution >= 4 is 17.7 Å². The minimum atomic E-state index is -0.0936. The van der Waals surface area contributed by atoms with E-state index in [9.17, 15) is 0 Å². The molecule has 2 aromatic rings. The lowest BCUT2D eigenvalue weighted by Crippen LogP contribution is -2.47. The number of hydrogen-bond acceptors (Lipinski definition) is 8. The number of piperazine rings is 1. The van der Waals surface area contributed by atoms with Gasteiger partial charge in [0.1, 0.15) is 0 Å². The summed E-state index contributed by atoms with van der Waals surface area (Å²) >= 11 is 0. The van der Waals surface area contributed by atoms with Crippen molar-refractivity contribution in [3.8, 4) is 0 Å². The van der Waals surface area contributed by atoms with Crippen LogP contribution >= 0.6 is 0 Å². The van der Waals surface area contributed by atoms with E-state index in [1.165, 1.54) is 0 Å². The third-order valence-electron chi connectivity index (χ3n) is 3.47. The lowest BCUT2D eigenvalue weighted by atomic mass is 10.1. The predicted octanol–water partition coefficient (Wildman–Crippen LogP) is 1.20. The average Bonchev–Trinajstić information content (AvgIpc) is 2.55. The maximum atomic E-state index is 4.57. The number of anilines is 3. The van der Waals surface area contributed by atoms with E-state index in [0.29, 0.717) is 5.95 Å². The van der Waals surface area contributed by atoms with Crippen molar-refractivity contribution in [3.05, 3.63) is 24.7 Å². The van der Waals surface area contributed by atoms with Crippen LogP contribution in [0.5, 0.6) is 0 Å². The highest BCUT2D eigenvalue weighted by Crippen LogP contribution is 2.17. The van der Waals surface area contributed by atoms with Gasteiger partial charge in [-0.3, -0.25) is 0 Å². The molecule has 1 saturated heterocycles. The Bertz CT molecular complexity index is 631. The largest absolute Gasteiger partial charge is 0.352 e. The van der Waals surface area contributed by atoms with Crippen molar-refractivity contribution < 1.29 is 0 Å². The Labute approximate surface area is 136 Å². The second-order valence-corrected chi connectivity index (χ2v) is 6.54. The smallest absolute Gasteiger partial charge is 0.245 e. The monoisotopic (exact) mass is 314 g/mol. The van der Waals surface area contributed by atoms with E-state index in [4.69, 9.17) is 0 Å². The summed E-state index contributed by atoms with van der Waals surface area (Å²) < 4.78 is 0. The van der Waals surface area contributed by atoms with Crippen LogP contribution in [0, 0.1) is 0 Å². The van der Waals surface area contributed by atoms with Crippen LogP contribution in [-0.4, -0.2) is 56.9 Å². The molecule has 1 fully saturated rings. The molecule has 0 spiro atoms. The summed E-state index contributed by atoms with van der Waals surface area (Å²) in [5, 5.41) is 11.4. The molecule has 0 unspecified atom stereocenters. The van der Waals surface area contributed by atoms with Gasteiger partial charge in [0.2, 0.25) is 11.9 Å². The highest BCUT2D eigenvalue weighted by Gasteiger charge is 2.21. The van der Waals surface area contributed by atoms with E-state index in [0.717, 1.165) is 37.9 Å². The quantitative estimate of drug-likeness (QED) is 0.905. The van der Waals surface area contributed by atoms with Crippen LogP contribution < -0.4 is 15.1 Å². The average molecular weight is 314 g/mol. The van der Waals surface area contributed by atoms with Crippen LogP contribution in [0.15, 0.2) is 24.7 Å². The Morgan fingerprint density at radius 3 is 2.30 bits per heavy atom. The Morgan fingerprint density at radius 1 is 1.00 bits per heavy atom. The molecule has 0 radical (unpaired) electrons. The number of aromatic nitrogens is 5. The van der Waals surface area contributed by atoms with E-state index >= 15 is 0 Å². The van der Waals surface area contributed by atoms with Crippen molar-refractivity contribution in [1.29, 1.82) is 0 Å². The molecule has 0 aromatic carbocycles.